The van der Waals surface area contributed by atoms with Crippen molar-refractivity contribution < 1.29 is 14.3 Å². The van der Waals surface area contributed by atoms with Crippen LogP contribution in [-0.4, -0.2) is 57.3 Å². The van der Waals surface area contributed by atoms with Gasteiger partial charge in [-0.05, 0) is 25.1 Å². The van der Waals surface area contributed by atoms with Gasteiger partial charge in [-0.25, -0.2) is 9.48 Å². The van der Waals surface area contributed by atoms with Crippen molar-refractivity contribution in [2.45, 2.75) is 13.0 Å². The summed E-state index contributed by atoms with van der Waals surface area (Å²) in [5.74, 6) is 0.751. The lowest BCUT2D eigenvalue weighted by atomic mass is 10.1. The summed E-state index contributed by atoms with van der Waals surface area (Å²) in [6.45, 7) is 2.56. The van der Waals surface area contributed by atoms with Gasteiger partial charge in [0.05, 0.1) is 18.0 Å². The fourth-order valence-corrected chi connectivity index (χ4v) is 4.51. The van der Waals surface area contributed by atoms with Crippen LogP contribution in [0.5, 0.6) is 0 Å². The maximum Gasteiger partial charge on any atom is 0.329 e. The molecular weight excluding hydrogens is 398 g/mol. The molecule has 6 nitrogen and oxygen atoms in total. The number of para-hydroxylation sites is 1. The third-order valence-corrected chi connectivity index (χ3v) is 5.97. The highest BCUT2D eigenvalue weighted by molar-refractivity contribution is 7.99. The number of nitrogens with zero attached hydrogens (tertiary/aromatic N) is 3. The molecule has 1 fully saturated rings. The number of rotatable bonds is 5. The van der Waals surface area contributed by atoms with Gasteiger partial charge in [-0.2, -0.15) is 16.9 Å². The molecule has 7 heteroatoms. The Balaban J connectivity index is 1.75. The van der Waals surface area contributed by atoms with Crippen LogP contribution in [0.15, 0.2) is 66.7 Å². The lowest BCUT2D eigenvalue weighted by molar-refractivity contribution is -0.147. The lowest BCUT2D eigenvalue weighted by Crippen LogP contribution is -2.51. The number of esters is 1. The smallest absolute Gasteiger partial charge is 0.329 e. The number of benzene rings is 2. The number of carbonyl (C=O) groups excluding carboxylic acids is 2. The largest absolute Gasteiger partial charge is 0.464 e. The minimum Gasteiger partial charge on any atom is -0.464 e. The second-order valence-electron chi connectivity index (χ2n) is 6.87. The topological polar surface area (TPSA) is 64.4 Å². The van der Waals surface area contributed by atoms with Gasteiger partial charge in [0.15, 0.2) is 0 Å². The van der Waals surface area contributed by atoms with Crippen molar-refractivity contribution >= 4 is 23.6 Å². The van der Waals surface area contributed by atoms with Crippen LogP contribution in [0.25, 0.3) is 16.9 Å². The molecule has 2 heterocycles. The van der Waals surface area contributed by atoms with Crippen LogP contribution in [0, 0.1) is 0 Å². The lowest BCUT2D eigenvalue weighted by Gasteiger charge is -2.33. The zero-order valence-corrected chi connectivity index (χ0v) is 17.5. The van der Waals surface area contributed by atoms with E-state index in [-0.39, 0.29) is 11.9 Å². The Morgan fingerprint density at radius 1 is 1.10 bits per heavy atom. The zero-order chi connectivity index (χ0) is 20.9. The summed E-state index contributed by atoms with van der Waals surface area (Å²) in [7, 11) is 0. The van der Waals surface area contributed by atoms with Crippen LogP contribution < -0.4 is 0 Å². The number of aromatic nitrogens is 2. The van der Waals surface area contributed by atoms with E-state index in [0.717, 1.165) is 17.0 Å². The predicted molar refractivity (Wildman–Crippen MR) is 118 cm³/mol. The van der Waals surface area contributed by atoms with Crippen molar-refractivity contribution in [2.75, 3.05) is 24.7 Å². The van der Waals surface area contributed by atoms with Crippen molar-refractivity contribution in [1.82, 2.24) is 14.7 Å². The monoisotopic (exact) mass is 421 g/mol. The Labute approximate surface area is 179 Å². The van der Waals surface area contributed by atoms with Crippen molar-refractivity contribution in [1.29, 1.82) is 0 Å². The molecule has 154 valence electrons. The highest BCUT2D eigenvalue weighted by atomic mass is 32.2. The van der Waals surface area contributed by atoms with E-state index >= 15 is 0 Å². The van der Waals surface area contributed by atoms with E-state index in [1.54, 1.807) is 34.3 Å². The minimum atomic E-state index is -0.588. The fraction of sp³-hybridized carbons (Fsp3) is 0.261. The molecule has 1 saturated heterocycles. The Bertz CT molecular complexity index is 1020. The van der Waals surface area contributed by atoms with Gasteiger partial charge in [0.25, 0.3) is 5.91 Å². The van der Waals surface area contributed by atoms with Gasteiger partial charge < -0.3 is 9.64 Å². The molecule has 0 N–H and O–H groups in total. The Hall–Kier alpha value is -3.06. The summed E-state index contributed by atoms with van der Waals surface area (Å²) in [5, 5.41) is 4.72. The Morgan fingerprint density at radius 2 is 1.80 bits per heavy atom. The molecule has 1 aromatic heterocycles. The number of thioether (sulfide) groups is 1. The summed E-state index contributed by atoms with van der Waals surface area (Å²) in [4.78, 5) is 27.7. The first-order valence-electron chi connectivity index (χ1n) is 9.95. The highest BCUT2D eigenvalue weighted by Crippen LogP contribution is 2.25. The van der Waals surface area contributed by atoms with Gasteiger partial charge in [-0.3, -0.25) is 4.79 Å². The minimum absolute atomic E-state index is 0.216. The highest BCUT2D eigenvalue weighted by Gasteiger charge is 2.35. The summed E-state index contributed by atoms with van der Waals surface area (Å²) >= 11 is 1.66. The third kappa shape index (κ3) is 4.11. The fourth-order valence-electron chi connectivity index (χ4n) is 3.48. The number of carbonyl (C=O) groups is 2. The average Bonchev–Trinajstić information content (AvgIpc) is 3.25. The molecule has 3 aromatic rings. The molecule has 0 spiro atoms. The van der Waals surface area contributed by atoms with Crippen molar-refractivity contribution in [2.24, 2.45) is 0 Å². The molecule has 1 aliphatic heterocycles. The van der Waals surface area contributed by atoms with Crippen LogP contribution in [0.3, 0.4) is 0 Å². The number of hydrogen-bond acceptors (Lipinski definition) is 5. The van der Waals surface area contributed by atoms with Gasteiger partial charge in [0, 0.05) is 23.6 Å². The summed E-state index contributed by atoms with van der Waals surface area (Å²) in [6.07, 6.45) is 0. The molecule has 0 aliphatic carbocycles. The molecule has 1 amide bonds. The molecule has 1 aliphatic rings. The van der Waals surface area contributed by atoms with Gasteiger partial charge in [-0.15, -0.1) is 0 Å². The first-order chi connectivity index (χ1) is 14.7. The van der Waals surface area contributed by atoms with Crippen LogP contribution in [0.1, 0.15) is 17.4 Å². The van der Waals surface area contributed by atoms with Crippen molar-refractivity contribution in [3.05, 3.63) is 72.4 Å². The number of ether oxygens (including phenoxy) is 1. The number of amides is 1. The zero-order valence-electron chi connectivity index (χ0n) is 16.7. The van der Waals surface area contributed by atoms with E-state index in [1.807, 2.05) is 60.7 Å². The van der Waals surface area contributed by atoms with E-state index in [1.165, 1.54) is 0 Å². The quantitative estimate of drug-likeness (QED) is 0.589. The molecule has 2 aromatic carbocycles. The van der Waals surface area contributed by atoms with E-state index in [4.69, 9.17) is 9.84 Å². The second-order valence-corrected chi connectivity index (χ2v) is 8.02. The Morgan fingerprint density at radius 3 is 2.50 bits per heavy atom. The maximum atomic E-state index is 13.6. The van der Waals surface area contributed by atoms with Gasteiger partial charge >= 0.3 is 5.97 Å². The van der Waals surface area contributed by atoms with Crippen LogP contribution in [0.2, 0.25) is 0 Å². The van der Waals surface area contributed by atoms with Gasteiger partial charge in [0.2, 0.25) is 0 Å². The molecule has 30 heavy (non-hydrogen) atoms. The molecule has 0 bridgehead atoms. The summed E-state index contributed by atoms with van der Waals surface area (Å²) in [6, 6.07) is 20.5. The Kier molecular flexibility index (Phi) is 6.18. The SMILES string of the molecule is CCOC(=O)[C@@H]1CSCCN1C(=O)c1cc(-c2ccccc2)nn1-c1ccccc1. The van der Waals surface area contributed by atoms with Crippen LogP contribution in [0.4, 0.5) is 0 Å². The molecule has 4 rings (SSSR count). The maximum absolute atomic E-state index is 13.6. The first-order valence-corrected chi connectivity index (χ1v) is 11.1. The van der Waals surface area contributed by atoms with E-state index < -0.39 is 6.04 Å². The molecule has 1 atom stereocenters. The van der Waals surface area contributed by atoms with Crippen LogP contribution in [-0.2, 0) is 9.53 Å². The predicted octanol–water partition coefficient (Wildman–Crippen LogP) is 3.66. The summed E-state index contributed by atoms with van der Waals surface area (Å²) in [5.41, 5.74) is 2.86. The summed E-state index contributed by atoms with van der Waals surface area (Å²) < 4.78 is 6.88. The third-order valence-electron chi connectivity index (χ3n) is 4.95. The normalized spacial score (nSPS) is 16.3. The molecule has 0 unspecified atom stereocenters. The van der Waals surface area contributed by atoms with Crippen LogP contribution >= 0.6 is 11.8 Å². The first kappa shape index (κ1) is 20.2. The standard InChI is InChI=1S/C23H23N3O3S/c1-2-29-23(28)21-16-30-14-13-25(21)22(27)20-15-19(17-9-5-3-6-10-17)24-26(20)18-11-7-4-8-12-18/h3-12,15,21H,2,13-14,16H2,1H3/t21-/m0/s1. The van der Waals surface area contributed by atoms with Crippen molar-refractivity contribution in [3.8, 4) is 16.9 Å². The molecule has 0 saturated carbocycles. The average molecular weight is 422 g/mol. The van der Waals surface area contributed by atoms with Gasteiger partial charge in [-0.1, -0.05) is 48.5 Å². The molecule has 0 radical (unpaired) electrons. The van der Waals surface area contributed by atoms with E-state index in [2.05, 4.69) is 0 Å². The second kappa shape index (κ2) is 9.17. The van der Waals surface area contributed by atoms with Gasteiger partial charge in [0.1, 0.15) is 11.7 Å². The number of hydrogen-bond donors (Lipinski definition) is 0. The van der Waals surface area contributed by atoms with Crippen molar-refractivity contribution in [3.63, 3.8) is 0 Å². The van der Waals surface area contributed by atoms with E-state index in [0.29, 0.717) is 30.3 Å². The molecular formula is C23H23N3O3S. The van der Waals surface area contributed by atoms with E-state index in [9.17, 15) is 9.59 Å².